The van der Waals surface area contributed by atoms with E-state index >= 15 is 0 Å². The number of hydrogen-bond acceptors (Lipinski definition) is 2. The zero-order valence-electron chi connectivity index (χ0n) is 17.8. The Labute approximate surface area is 194 Å². The molecule has 0 heterocycles. The Balaban J connectivity index is 2.28. The molecule has 1 nitrogen and oxygen atoms in total. The number of nitrogens with zero attached hydrogens (tertiary/aromatic N) is 1. The molecule has 4 aromatic rings. The van der Waals surface area contributed by atoms with E-state index in [1.54, 1.807) is 0 Å². The number of thiocarbonyl (C=S) groups is 1. The van der Waals surface area contributed by atoms with E-state index in [1.165, 1.54) is 14.0 Å². The van der Waals surface area contributed by atoms with E-state index in [0.29, 0.717) is 0 Å². The first-order chi connectivity index (χ1) is 15.1. The van der Waals surface area contributed by atoms with Gasteiger partial charge < -0.3 is 0 Å². The standard InChI is InChI=1S/4C6H5.C3H7NS2.Sb/c4*1-2-4-6-5-3-1;1-4(2)3(5)6;/h4*1-5H;1-2H3,(H,5,6);/q;;;;;+1/p-1. The maximum atomic E-state index is 6.04. The fourth-order valence-electron chi connectivity index (χ4n) is 4.19. The zero-order chi connectivity index (χ0) is 21.8. The van der Waals surface area contributed by atoms with Crippen molar-refractivity contribution in [2.75, 3.05) is 14.1 Å². The van der Waals surface area contributed by atoms with Crippen LogP contribution in [0.15, 0.2) is 121 Å². The third kappa shape index (κ3) is 3.63. The van der Waals surface area contributed by atoms with Gasteiger partial charge in [0.2, 0.25) is 0 Å². The molecule has 0 spiro atoms. The second-order valence-corrected chi connectivity index (χ2v) is 27.1. The summed E-state index contributed by atoms with van der Waals surface area (Å²) in [5, 5.41) is 0. The van der Waals surface area contributed by atoms with Gasteiger partial charge in [0.15, 0.2) is 0 Å². The Hall–Kier alpha value is -2.06. The van der Waals surface area contributed by atoms with Crippen LogP contribution in [0, 0.1) is 0 Å². The summed E-state index contributed by atoms with van der Waals surface area (Å²) in [4.78, 5) is 2.07. The van der Waals surface area contributed by atoms with Crippen LogP contribution < -0.4 is 14.0 Å². The Morgan fingerprint density at radius 1 is 0.548 bits per heavy atom. The number of benzene rings is 4. The van der Waals surface area contributed by atoms with Crippen LogP contribution in [0.2, 0.25) is 0 Å². The summed E-state index contributed by atoms with van der Waals surface area (Å²) in [7, 11) is 6.01. The first-order valence-corrected chi connectivity index (χ1v) is 19.7. The molecule has 0 saturated heterocycles. The van der Waals surface area contributed by atoms with Gasteiger partial charge in [0.05, 0.1) is 0 Å². The SMILES string of the molecule is CN(C)C(=S)[S][Sb]([c]1ccccc1)([c]1ccccc1)([c]1ccccc1)[c]1ccccc1. The summed E-state index contributed by atoms with van der Waals surface area (Å²) in [6, 6.07) is 44.1. The van der Waals surface area contributed by atoms with Gasteiger partial charge in [-0.2, -0.15) is 0 Å². The van der Waals surface area contributed by atoms with Crippen LogP contribution in [-0.2, 0) is 0 Å². The molecule has 0 N–H and O–H groups in total. The Kier molecular flexibility index (Phi) is 6.57. The Morgan fingerprint density at radius 3 is 1.03 bits per heavy atom. The third-order valence-electron chi connectivity index (χ3n) is 5.62. The first kappa shape index (κ1) is 22.1. The van der Waals surface area contributed by atoms with Crippen LogP contribution in [0.1, 0.15) is 0 Å². The third-order valence-corrected chi connectivity index (χ3v) is 33.1. The molecule has 0 saturated carbocycles. The van der Waals surface area contributed by atoms with Crippen molar-refractivity contribution in [3.05, 3.63) is 121 Å². The average molecular weight is 550 g/mol. The molecule has 0 fully saturated rings. The molecular formula is C27H26NS2Sb. The van der Waals surface area contributed by atoms with Gasteiger partial charge in [-0.05, 0) is 0 Å². The van der Waals surface area contributed by atoms with Crippen LogP contribution in [0.25, 0.3) is 0 Å². The van der Waals surface area contributed by atoms with Gasteiger partial charge in [0.25, 0.3) is 0 Å². The number of hydrogen-bond donors (Lipinski definition) is 0. The van der Waals surface area contributed by atoms with E-state index in [-0.39, 0.29) is 0 Å². The second kappa shape index (κ2) is 9.20. The quantitative estimate of drug-likeness (QED) is 0.272. The summed E-state index contributed by atoms with van der Waals surface area (Å²) in [5.74, 6) is 0. The van der Waals surface area contributed by atoms with Crippen molar-refractivity contribution >= 4 is 55.4 Å². The summed E-state index contributed by atoms with van der Waals surface area (Å²) in [6.45, 7) is 0. The van der Waals surface area contributed by atoms with Crippen LogP contribution in [0.4, 0.5) is 0 Å². The molecular weight excluding hydrogens is 524 g/mol. The molecule has 0 aliphatic rings. The van der Waals surface area contributed by atoms with Crippen LogP contribution in [0.3, 0.4) is 0 Å². The Bertz CT molecular complexity index is 978. The van der Waals surface area contributed by atoms with Crippen molar-refractivity contribution in [1.29, 1.82) is 0 Å². The van der Waals surface area contributed by atoms with Gasteiger partial charge in [-0.1, -0.05) is 0 Å². The van der Waals surface area contributed by atoms with Crippen LogP contribution in [0.5, 0.6) is 0 Å². The molecule has 4 heteroatoms. The Morgan fingerprint density at radius 2 is 0.806 bits per heavy atom. The van der Waals surface area contributed by atoms with Crippen molar-refractivity contribution in [2.45, 2.75) is 0 Å². The molecule has 0 atom stereocenters. The average Bonchev–Trinajstić information content (AvgIpc) is 2.85. The maximum absolute atomic E-state index is 6.04. The molecule has 0 aliphatic carbocycles. The van der Waals surface area contributed by atoms with E-state index in [1.807, 2.05) is 22.9 Å². The van der Waals surface area contributed by atoms with Gasteiger partial charge in [0.1, 0.15) is 0 Å². The fraction of sp³-hybridized carbons (Fsp3) is 0.0741. The normalized spacial score (nSPS) is 12.5. The van der Waals surface area contributed by atoms with E-state index in [9.17, 15) is 0 Å². The van der Waals surface area contributed by atoms with Crippen molar-refractivity contribution in [3.63, 3.8) is 0 Å². The number of rotatable bonds is 5. The molecule has 0 radical (unpaired) electrons. The first-order valence-electron chi connectivity index (χ1n) is 10.2. The van der Waals surface area contributed by atoms with E-state index < -0.39 is 16.0 Å². The molecule has 0 bridgehead atoms. The van der Waals surface area contributed by atoms with Gasteiger partial charge >= 0.3 is 196 Å². The van der Waals surface area contributed by atoms with Crippen molar-refractivity contribution in [2.24, 2.45) is 0 Å². The second-order valence-electron chi connectivity index (χ2n) is 7.63. The van der Waals surface area contributed by atoms with Crippen molar-refractivity contribution in [3.8, 4) is 0 Å². The molecule has 156 valence electrons. The predicted molar refractivity (Wildman–Crippen MR) is 144 cm³/mol. The summed E-state index contributed by atoms with van der Waals surface area (Å²) in [5.41, 5.74) is 0. The van der Waals surface area contributed by atoms with Crippen molar-refractivity contribution < 1.29 is 0 Å². The topological polar surface area (TPSA) is 3.24 Å². The molecule has 0 unspecified atom stereocenters. The van der Waals surface area contributed by atoms with Gasteiger partial charge in [-0.25, -0.2) is 0 Å². The van der Waals surface area contributed by atoms with E-state index in [2.05, 4.69) is 126 Å². The van der Waals surface area contributed by atoms with Gasteiger partial charge in [-0.15, -0.1) is 0 Å². The molecule has 4 rings (SSSR count). The molecule has 31 heavy (non-hydrogen) atoms. The van der Waals surface area contributed by atoms with Gasteiger partial charge in [-0.3, -0.25) is 0 Å². The minimum atomic E-state index is -4.44. The van der Waals surface area contributed by atoms with Gasteiger partial charge in [0, 0.05) is 0 Å². The van der Waals surface area contributed by atoms with Crippen LogP contribution >= 0.6 is 21.1 Å². The van der Waals surface area contributed by atoms with E-state index in [0.717, 1.165) is 4.32 Å². The summed E-state index contributed by atoms with van der Waals surface area (Å²) >= 11 is 1.60. The molecule has 0 aromatic heterocycles. The zero-order valence-corrected chi connectivity index (χ0v) is 21.9. The summed E-state index contributed by atoms with van der Waals surface area (Å²) in [6.07, 6.45) is 0. The fourth-order valence-corrected chi connectivity index (χ4v) is 32.6. The molecule has 4 aromatic carbocycles. The monoisotopic (exact) mass is 549 g/mol. The van der Waals surface area contributed by atoms with E-state index in [4.69, 9.17) is 12.2 Å². The molecule has 0 amide bonds. The minimum absolute atomic E-state index is 0.905. The predicted octanol–water partition coefficient (Wildman–Crippen LogP) is 4.09. The summed E-state index contributed by atoms with van der Waals surface area (Å²) < 4.78 is 6.38. The van der Waals surface area contributed by atoms with Crippen molar-refractivity contribution in [1.82, 2.24) is 4.90 Å². The van der Waals surface area contributed by atoms with Crippen LogP contribution in [-0.4, -0.2) is 39.3 Å². The molecule has 0 aliphatic heterocycles.